The van der Waals surface area contributed by atoms with Crippen LogP contribution in [-0.4, -0.2) is 58.8 Å². The molecule has 8 nitrogen and oxygen atoms in total. The van der Waals surface area contributed by atoms with Crippen LogP contribution in [0.5, 0.6) is 0 Å². The molecule has 0 aliphatic heterocycles. The fourth-order valence-electron chi connectivity index (χ4n) is 2.95. The third-order valence-corrected chi connectivity index (χ3v) is 5.87. The van der Waals surface area contributed by atoms with E-state index in [1.165, 1.54) is 23.2 Å². The van der Waals surface area contributed by atoms with Gasteiger partial charge in [-0.3, -0.25) is 9.80 Å². The van der Waals surface area contributed by atoms with Gasteiger partial charge in [-0.15, -0.1) is 0 Å². The summed E-state index contributed by atoms with van der Waals surface area (Å²) in [6.07, 6.45) is -5.93. The molecule has 1 heterocycles. The lowest BCUT2D eigenvalue weighted by Crippen LogP contribution is -2.37. The summed E-state index contributed by atoms with van der Waals surface area (Å²) >= 11 is 5.98. The third kappa shape index (κ3) is 7.46. The zero-order valence-corrected chi connectivity index (χ0v) is 21.5. The maximum atomic E-state index is 14.0. The van der Waals surface area contributed by atoms with Gasteiger partial charge in [0.2, 0.25) is 11.3 Å². The number of benzene rings is 1. The van der Waals surface area contributed by atoms with E-state index in [0.29, 0.717) is 16.1 Å². The Morgan fingerprint density at radius 2 is 1.86 bits per heavy atom. The van der Waals surface area contributed by atoms with Crippen LogP contribution >= 0.6 is 20.8 Å². The van der Waals surface area contributed by atoms with Gasteiger partial charge in [-0.1, -0.05) is 33.0 Å². The standard InChI is InChI=1S/C21H27ClF4N7OP/c1-11(28-3)15-17(27)30-19(31-18(15)29-12(2)34)16(13-5-7-14(22)8-6-13)32-33(4)10-9-20(23,35)21(24,25)26/h5-8,11,28H,9-10,35H2,1-4H3,(H3,27,29,30,31,34)/b32-16+. The molecule has 1 aromatic heterocycles. The van der Waals surface area contributed by atoms with Gasteiger partial charge in [0.05, 0.1) is 5.56 Å². The molecule has 3 atom stereocenters. The number of hydrogen-bond acceptors (Lipinski definition) is 7. The lowest BCUT2D eigenvalue weighted by atomic mass is 10.1. The first kappa shape index (κ1) is 28.7. The van der Waals surface area contributed by atoms with Crippen LogP contribution in [0.1, 0.15) is 43.3 Å². The maximum Gasteiger partial charge on any atom is 0.425 e. The van der Waals surface area contributed by atoms with Gasteiger partial charge in [0.15, 0.2) is 5.82 Å². The molecule has 0 saturated carbocycles. The van der Waals surface area contributed by atoms with Crippen LogP contribution in [0.2, 0.25) is 5.02 Å². The smallest absolute Gasteiger partial charge is 0.383 e. The number of anilines is 2. The van der Waals surface area contributed by atoms with E-state index in [1.54, 1.807) is 38.2 Å². The summed E-state index contributed by atoms with van der Waals surface area (Å²) in [5.74, 6) is -0.182. The van der Waals surface area contributed by atoms with E-state index in [1.807, 2.05) is 0 Å². The molecule has 192 valence electrons. The monoisotopic (exact) mass is 535 g/mol. The molecule has 0 aliphatic carbocycles. The second-order valence-corrected chi connectivity index (χ2v) is 9.18. The van der Waals surface area contributed by atoms with Crippen molar-refractivity contribution in [1.82, 2.24) is 20.3 Å². The van der Waals surface area contributed by atoms with Gasteiger partial charge < -0.3 is 16.4 Å². The Hall–Kier alpha value is -2.56. The lowest BCUT2D eigenvalue weighted by Gasteiger charge is -2.25. The highest BCUT2D eigenvalue weighted by atomic mass is 35.5. The number of amides is 1. The zero-order valence-electron chi connectivity index (χ0n) is 19.5. The molecule has 0 radical (unpaired) electrons. The van der Waals surface area contributed by atoms with Gasteiger partial charge in [-0.25, -0.2) is 14.4 Å². The summed E-state index contributed by atoms with van der Waals surface area (Å²) in [6, 6.07) is 6.08. The van der Waals surface area contributed by atoms with Crippen LogP contribution < -0.4 is 16.4 Å². The first-order valence-corrected chi connectivity index (χ1v) is 11.3. The average molecular weight is 536 g/mol. The van der Waals surface area contributed by atoms with Crippen molar-refractivity contribution in [3.05, 3.63) is 46.2 Å². The quantitative estimate of drug-likeness (QED) is 0.193. The molecule has 0 bridgehead atoms. The number of aromatic nitrogens is 2. The van der Waals surface area contributed by atoms with E-state index >= 15 is 0 Å². The first-order valence-electron chi connectivity index (χ1n) is 10.4. The van der Waals surface area contributed by atoms with Crippen LogP contribution in [0.4, 0.5) is 29.2 Å². The van der Waals surface area contributed by atoms with Gasteiger partial charge in [-0.2, -0.15) is 18.3 Å². The summed E-state index contributed by atoms with van der Waals surface area (Å²) in [6.45, 7) is 2.73. The molecule has 2 aromatic rings. The number of carbonyl (C=O) groups excluding carboxylic acids is 1. The van der Waals surface area contributed by atoms with Crippen molar-refractivity contribution in [2.24, 2.45) is 5.10 Å². The minimum atomic E-state index is -5.05. The topological polar surface area (TPSA) is 109 Å². The zero-order chi connectivity index (χ0) is 26.6. The number of nitrogen functional groups attached to an aromatic ring is 1. The second kappa shape index (κ2) is 11.5. The van der Waals surface area contributed by atoms with Crippen molar-refractivity contribution in [3.8, 4) is 0 Å². The molecule has 1 amide bonds. The number of hydrazone groups is 1. The number of rotatable bonds is 9. The van der Waals surface area contributed by atoms with E-state index in [-0.39, 0.29) is 35.8 Å². The Kier molecular flexibility index (Phi) is 9.38. The van der Waals surface area contributed by atoms with Crippen LogP contribution in [0.25, 0.3) is 0 Å². The summed E-state index contributed by atoms with van der Waals surface area (Å²) < 4.78 is 52.7. The molecular weight excluding hydrogens is 509 g/mol. The van der Waals surface area contributed by atoms with E-state index < -0.39 is 23.9 Å². The molecule has 14 heteroatoms. The highest BCUT2D eigenvalue weighted by Gasteiger charge is 2.52. The minimum Gasteiger partial charge on any atom is -0.383 e. The molecule has 0 saturated heterocycles. The normalized spacial score (nSPS) is 14.9. The Balaban J connectivity index is 2.58. The summed E-state index contributed by atoms with van der Waals surface area (Å²) in [5, 5.41) is 8.09. The Morgan fingerprint density at radius 1 is 1.26 bits per heavy atom. The number of carbonyl (C=O) groups is 1. The second-order valence-electron chi connectivity index (χ2n) is 7.83. The predicted molar refractivity (Wildman–Crippen MR) is 132 cm³/mol. The Morgan fingerprint density at radius 3 is 2.37 bits per heavy atom. The van der Waals surface area contributed by atoms with Gasteiger partial charge in [0.1, 0.15) is 17.3 Å². The number of nitrogens with zero attached hydrogens (tertiary/aromatic N) is 4. The maximum absolute atomic E-state index is 14.0. The summed E-state index contributed by atoms with van der Waals surface area (Å²) in [7, 11) is 4.29. The molecule has 1 aromatic carbocycles. The van der Waals surface area contributed by atoms with Crippen molar-refractivity contribution < 1.29 is 22.4 Å². The molecule has 4 N–H and O–H groups in total. The Bertz CT molecular complexity index is 1080. The predicted octanol–water partition coefficient (Wildman–Crippen LogP) is 4.13. The van der Waals surface area contributed by atoms with E-state index in [9.17, 15) is 22.4 Å². The molecule has 2 rings (SSSR count). The van der Waals surface area contributed by atoms with Crippen LogP contribution in [0.15, 0.2) is 29.4 Å². The molecule has 35 heavy (non-hydrogen) atoms. The summed E-state index contributed by atoms with van der Waals surface area (Å²) in [4.78, 5) is 20.6. The van der Waals surface area contributed by atoms with Crippen molar-refractivity contribution in [2.45, 2.75) is 37.9 Å². The molecule has 0 fully saturated rings. The van der Waals surface area contributed by atoms with Gasteiger partial charge in [0.25, 0.3) is 0 Å². The van der Waals surface area contributed by atoms with Crippen molar-refractivity contribution in [2.75, 3.05) is 31.7 Å². The first-order chi connectivity index (χ1) is 16.2. The molecule has 3 unspecified atom stereocenters. The fraction of sp³-hybridized carbons (Fsp3) is 0.429. The van der Waals surface area contributed by atoms with Crippen LogP contribution in [0.3, 0.4) is 0 Å². The van der Waals surface area contributed by atoms with Crippen molar-refractivity contribution in [1.29, 1.82) is 0 Å². The number of halogens is 5. The fourth-order valence-corrected chi connectivity index (χ4v) is 3.21. The van der Waals surface area contributed by atoms with Crippen LogP contribution in [0, 0.1) is 0 Å². The third-order valence-electron chi connectivity index (χ3n) is 5.01. The highest BCUT2D eigenvalue weighted by Crippen LogP contribution is 2.42. The number of nitrogens with two attached hydrogens (primary N) is 1. The van der Waals surface area contributed by atoms with Gasteiger partial charge >= 0.3 is 6.18 Å². The minimum absolute atomic E-state index is 0.000632. The number of alkyl halides is 4. The molecule has 0 spiro atoms. The molecule has 0 aliphatic rings. The number of nitrogens with one attached hydrogen (secondary N) is 2. The van der Waals surface area contributed by atoms with E-state index in [4.69, 9.17) is 17.3 Å². The Labute approximate surface area is 207 Å². The average Bonchev–Trinajstić information content (AvgIpc) is 2.75. The summed E-state index contributed by atoms with van der Waals surface area (Å²) in [5.41, 5.74) is 7.25. The van der Waals surface area contributed by atoms with Crippen molar-refractivity contribution in [3.63, 3.8) is 0 Å². The van der Waals surface area contributed by atoms with Gasteiger partial charge in [-0.05, 0) is 26.1 Å². The largest absolute Gasteiger partial charge is 0.425 e. The number of hydrogen-bond donors (Lipinski definition) is 3. The molecular formula is C21H27ClF4N7OP. The van der Waals surface area contributed by atoms with E-state index in [0.717, 1.165) is 5.01 Å². The van der Waals surface area contributed by atoms with E-state index in [2.05, 4.69) is 25.7 Å². The lowest BCUT2D eigenvalue weighted by molar-refractivity contribution is -0.197. The van der Waals surface area contributed by atoms with Crippen LogP contribution in [-0.2, 0) is 4.79 Å². The van der Waals surface area contributed by atoms with Gasteiger partial charge in [0, 0.05) is 43.6 Å². The van der Waals surface area contributed by atoms with Crippen molar-refractivity contribution >= 4 is 44.1 Å². The highest BCUT2D eigenvalue weighted by molar-refractivity contribution is 7.18. The SMILES string of the molecule is CNC(C)c1c(N)nc(/C(=N/N(C)CCC(F)(P)C(F)(F)F)c2ccc(Cl)cc2)nc1NC(C)=O.